The van der Waals surface area contributed by atoms with Gasteiger partial charge in [-0.1, -0.05) is 60.2 Å². The Kier molecular flexibility index (Phi) is 5.68. The first-order valence-electron chi connectivity index (χ1n) is 10.4. The minimum absolute atomic E-state index is 0.192. The summed E-state index contributed by atoms with van der Waals surface area (Å²) in [6.07, 6.45) is 5.71. The molecule has 0 unspecified atom stereocenters. The Balaban J connectivity index is 1.46. The number of anilines is 1. The number of halogens is 2. The molecule has 3 aromatic carbocycles. The summed E-state index contributed by atoms with van der Waals surface area (Å²) < 4.78 is 12.7. The molecule has 0 spiro atoms. The summed E-state index contributed by atoms with van der Waals surface area (Å²) in [7, 11) is 1.68. The van der Waals surface area contributed by atoms with E-state index in [0.717, 1.165) is 16.5 Å². The number of methoxy groups -OCH3 is 1. The predicted octanol–water partition coefficient (Wildman–Crippen LogP) is 7.52. The Morgan fingerprint density at radius 3 is 2.74 bits per heavy atom. The molecule has 0 saturated heterocycles. The first-order chi connectivity index (χ1) is 15.2. The predicted molar refractivity (Wildman–Crippen MR) is 129 cm³/mol. The van der Waals surface area contributed by atoms with E-state index in [4.69, 9.17) is 21.1 Å². The summed E-state index contributed by atoms with van der Waals surface area (Å²) in [5.74, 6) is 2.30. The smallest absolute Gasteiger partial charge is 0.175 e. The van der Waals surface area contributed by atoms with Crippen molar-refractivity contribution < 1.29 is 9.47 Å². The van der Waals surface area contributed by atoms with E-state index in [1.54, 1.807) is 7.11 Å². The highest BCUT2D eigenvalue weighted by Crippen LogP contribution is 2.51. The molecule has 0 bridgehead atoms. The number of fused-ring (bicyclic) bond motifs is 3. The molecular weight excluding hydrogens is 474 g/mol. The van der Waals surface area contributed by atoms with E-state index in [1.807, 2.05) is 24.3 Å². The average molecular weight is 497 g/mol. The Morgan fingerprint density at radius 2 is 1.90 bits per heavy atom. The molecule has 1 N–H and O–H groups in total. The minimum atomic E-state index is 0.192. The molecule has 1 aliphatic carbocycles. The Hall–Kier alpha value is -2.43. The molecule has 0 aromatic heterocycles. The second-order valence-corrected chi connectivity index (χ2v) is 9.24. The average Bonchev–Trinajstić information content (AvgIpc) is 3.28. The van der Waals surface area contributed by atoms with Gasteiger partial charge in [-0.2, -0.15) is 0 Å². The fraction of sp³-hybridized carbons (Fsp3) is 0.231. The number of ether oxygens (including phenoxy) is 2. The van der Waals surface area contributed by atoms with Gasteiger partial charge in [0.1, 0.15) is 6.61 Å². The molecular formula is C26H23BrClNO2. The van der Waals surface area contributed by atoms with E-state index in [9.17, 15) is 0 Å². The summed E-state index contributed by atoms with van der Waals surface area (Å²) in [5.41, 5.74) is 4.70. The zero-order valence-electron chi connectivity index (χ0n) is 17.1. The first kappa shape index (κ1) is 20.5. The van der Waals surface area contributed by atoms with Crippen molar-refractivity contribution in [2.24, 2.45) is 5.92 Å². The minimum Gasteiger partial charge on any atom is -0.493 e. The van der Waals surface area contributed by atoms with Gasteiger partial charge in [-0.3, -0.25) is 0 Å². The Morgan fingerprint density at radius 1 is 1.10 bits per heavy atom. The summed E-state index contributed by atoms with van der Waals surface area (Å²) >= 11 is 10.0. The van der Waals surface area contributed by atoms with Crippen molar-refractivity contribution in [2.75, 3.05) is 12.4 Å². The monoisotopic (exact) mass is 495 g/mol. The van der Waals surface area contributed by atoms with E-state index >= 15 is 0 Å². The summed E-state index contributed by atoms with van der Waals surface area (Å²) in [6, 6.07) is 20.7. The van der Waals surface area contributed by atoms with Crippen LogP contribution in [0.3, 0.4) is 0 Å². The number of benzene rings is 3. The largest absolute Gasteiger partial charge is 0.493 e. The van der Waals surface area contributed by atoms with Gasteiger partial charge in [-0.25, -0.2) is 0 Å². The van der Waals surface area contributed by atoms with E-state index in [2.05, 4.69) is 69.8 Å². The van der Waals surface area contributed by atoms with Gasteiger partial charge in [0.2, 0.25) is 0 Å². The van der Waals surface area contributed by atoms with Crippen LogP contribution in [0.2, 0.25) is 5.02 Å². The molecule has 0 radical (unpaired) electrons. The van der Waals surface area contributed by atoms with Crippen molar-refractivity contribution in [1.82, 2.24) is 0 Å². The molecule has 0 amide bonds. The van der Waals surface area contributed by atoms with Crippen LogP contribution in [0, 0.1) is 5.92 Å². The van der Waals surface area contributed by atoms with E-state index < -0.39 is 0 Å². The van der Waals surface area contributed by atoms with Crippen LogP contribution in [0.5, 0.6) is 11.5 Å². The Labute approximate surface area is 196 Å². The molecule has 0 fully saturated rings. The van der Waals surface area contributed by atoms with E-state index in [0.29, 0.717) is 35.0 Å². The molecule has 5 rings (SSSR count). The van der Waals surface area contributed by atoms with Crippen molar-refractivity contribution in [3.05, 3.63) is 99.0 Å². The maximum Gasteiger partial charge on any atom is 0.175 e. The standard InChI is InChI=1S/C26H23BrClNO2/c1-30-24-14-17(13-21(27)26(24)31-15-16-7-2-4-11-22(16)28)25-20-10-6-9-18(20)19-8-3-5-12-23(19)29-25/h2-9,11-14,18,20,25,29H,10,15H2,1H3/t18-,20-,25-/m0/s1. The molecule has 0 saturated carbocycles. The molecule has 3 aromatic rings. The molecule has 3 nitrogen and oxygen atoms in total. The van der Waals surface area contributed by atoms with E-state index in [-0.39, 0.29) is 6.04 Å². The Bertz CT molecular complexity index is 1150. The summed E-state index contributed by atoms with van der Waals surface area (Å²) in [6.45, 7) is 0.373. The maximum absolute atomic E-state index is 6.29. The van der Waals surface area contributed by atoms with Crippen molar-refractivity contribution in [2.45, 2.75) is 25.0 Å². The molecule has 31 heavy (non-hydrogen) atoms. The highest BCUT2D eigenvalue weighted by molar-refractivity contribution is 9.10. The van der Waals surface area contributed by atoms with E-state index in [1.165, 1.54) is 16.8 Å². The van der Waals surface area contributed by atoms with Crippen molar-refractivity contribution >= 4 is 33.2 Å². The molecule has 158 valence electrons. The topological polar surface area (TPSA) is 30.5 Å². The molecule has 1 heterocycles. The van der Waals surface area contributed by atoms with Crippen LogP contribution in [0.25, 0.3) is 0 Å². The number of hydrogen-bond acceptors (Lipinski definition) is 3. The van der Waals surface area contributed by atoms with Gasteiger partial charge in [-0.05, 0) is 63.7 Å². The number of nitrogens with one attached hydrogen (secondary N) is 1. The van der Waals surface area contributed by atoms with Gasteiger partial charge >= 0.3 is 0 Å². The van der Waals surface area contributed by atoms with Crippen LogP contribution >= 0.6 is 27.5 Å². The third-order valence-corrected chi connectivity index (χ3v) is 7.17. The lowest BCUT2D eigenvalue weighted by atomic mass is 9.77. The second kappa shape index (κ2) is 8.60. The van der Waals surface area contributed by atoms with Crippen LogP contribution in [0.4, 0.5) is 5.69 Å². The van der Waals surface area contributed by atoms with Gasteiger partial charge < -0.3 is 14.8 Å². The third-order valence-electron chi connectivity index (χ3n) is 6.21. The third kappa shape index (κ3) is 3.83. The van der Waals surface area contributed by atoms with Crippen molar-refractivity contribution in [1.29, 1.82) is 0 Å². The van der Waals surface area contributed by atoms with Gasteiger partial charge in [0.05, 0.1) is 17.6 Å². The molecule has 2 aliphatic rings. The van der Waals surface area contributed by atoms with Gasteiger partial charge in [0.25, 0.3) is 0 Å². The van der Waals surface area contributed by atoms with Crippen molar-refractivity contribution in [3.8, 4) is 11.5 Å². The van der Waals surface area contributed by atoms with Gasteiger partial charge in [0.15, 0.2) is 11.5 Å². The first-order valence-corrected chi connectivity index (χ1v) is 11.6. The molecule has 5 heteroatoms. The molecule has 1 aliphatic heterocycles. The quantitative estimate of drug-likeness (QED) is 0.371. The van der Waals surface area contributed by atoms with Crippen LogP contribution in [-0.4, -0.2) is 7.11 Å². The van der Waals surface area contributed by atoms with Crippen LogP contribution in [-0.2, 0) is 6.61 Å². The van der Waals surface area contributed by atoms with Crippen LogP contribution < -0.4 is 14.8 Å². The normalized spacial score (nSPS) is 21.2. The van der Waals surface area contributed by atoms with Crippen LogP contribution in [0.1, 0.15) is 35.1 Å². The van der Waals surface area contributed by atoms with Gasteiger partial charge in [0, 0.05) is 22.2 Å². The fourth-order valence-electron chi connectivity index (χ4n) is 4.70. The number of allylic oxidation sites excluding steroid dienone is 2. The zero-order valence-corrected chi connectivity index (χ0v) is 19.5. The molecule has 3 atom stereocenters. The maximum atomic E-state index is 6.29. The lowest BCUT2D eigenvalue weighted by Gasteiger charge is -2.37. The van der Waals surface area contributed by atoms with Crippen molar-refractivity contribution in [3.63, 3.8) is 0 Å². The zero-order chi connectivity index (χ0) is 21.4. The number of rotatable bonds is 5. The lowest BCUT2D eigenvalue weighted by molar-refractivity contribution is 0.282. The highest BCUT2D eigenvalue weighted by Gasteiger charge is 2.38. The van der Waals surface area contributed by atoms with Gasteiger partial charge in [-0.15, -0.1) is 0 Å². The van der Waals surface area contributed by atoms with Crippen LogP contribution in [0.15, 0.2) is 77.3 Å². The number of hydrogen-bond donors (Lipinski definition) is 1. The highest BCUT2D eigenvalue weighted by atomic mass is 79.9. The number of para-hydroxylation sites is 1. The lowest BCUT2D eigenvalue weighted by Crippen LogP contribution is -2.29. The SMILES string of the molecule is COc1cc([C@@H]2Nc3ccccc3[C@@H]3C=CC[C@@H]32)cc(Br)c1OCc1ccccc1Cl. The second-order valence-electron chi connectivity index (χ2n) is 7.98. The summed E-state index contributed by atoms with van der Waals surface area (Å²) in [5, 5.41) is 4.47. The summed E-state index contributed by atoms with van der Waals surface area (Å²) in [4.78, 5) is 0. The fourth-order valence-corrected chi connectivity index (χ4v) is 5.46.